The molecule has 0 aromatic heterocycles. The van der Waals surface area contributed by atoms with Crippen LogP contribution in [-0.4, -0.2) is 0 Å². The highest BCUT2D eigenvalue weighted by Crippen LogP contribution is 2.46. The Morgan fingerprint density at radius 3 is 1.89 bits per heavy atom. The van der Waals surface area contributed by atoms with E-state index in [0.717, 1.165) is 35.5 Å². The Balaban J connectivity index is 1.97. The van der Waals surface area contributed by atoms with E-state index in [-0.39, 0.29) is 0 Å². The number of hydrogen-bond donors (Lipinski definition) is 0. The van der Waals surface area contributed by atoms with E-state index in [2.05, 4.69) is 67.5 Å². The van der Waals surface area contributed by atoms with Crippen LogP contribution in [0, 0.1) is 35.5 Å². The summed E-state index contributed by atoms with van der Waals surface area (Å²) in [6.45, 7) is 18.9. The van der Waals surface area contributed by atoms with Crippen LogP contribution in [0.3, 0.4) is 0 Å². The summed E-state index contributed by atoms with van der Waals surface area (Å²) < 4.78 is 0. The summed E-state index contributed by atoms with van der Waals surface area (Å²) in [5, 5.41) is 0. The maximum absolute atomic E-state index is 2.55. The molecule has 5 atom stereocenters. The van der Waals surface area contributed by atoms with Crippen molar-refractivity contribution in [2.75, 3.05) is 0 Å². The van der Waals surface area contributed by atoms with Gasteiger partial charge in [-0.15, -0.1) is 0 Å². The largest absolute Gasteiger partial charge is 0.0859 e. The highest BCUT2D eigenvalue weighted by molar-refractivity contribution is 4.97. The summed E-state index contributed by atoms with van der Waals surface area (Å²) >= 11 is 0. The van der Waals surface area contributed by atoms with Crippen LogP contribution in [0.15, 0.2) is 23.3 Å². The molecule has 3 unspecified atom stereocenters. The van der Waals surface area contributed by atoms with Crippen molar-refractivity contribution < 1.29 is 0 Å². The Kier molecular flexibility index (Phi) is 18.2. The van der Waals surface area contributed by atoms with Gasteiger partial charge >= 0.3 is 0 Å². The third-order valence-electron chi connectivity index (χ3n) is 8.72. The number of unbranched alkanes of at least 4 members (excludes halogenated alkanes) is 1. The van der Waals surface area contributed by atoms with Crippen molar-refractivity contribution in [3.05, 3.63) is 23.3 Å². The second-order valence-electron chi connectivity index (χ2n) is 13.6. The van der Waals surface area contributed by atoms with E-state index in [1.54, 1.807) is 5.57 Å². The molecule has 0 aromatic rings. The molecule has 0 bridgehead atoms. The van der Waals surface area contributed by atoms with Crippen LogP contribution in [0.5, 0.6) is 0 Å². The smallest absolute Gasteiger partial charge is 0.0323 e. The van der Waals surface area contributed by atoms with Crippen molar-refractivity contribution >= 4 is 0 Å². The van der Waals surface area contributed by atoms with Gasteiger partial charge in [0.1, 0.15) is 0 Å². The molecule has 1 saturated carbocycles. The maximum atomic E-state index is 2.55. The quantitative estimate of drug-likeness (QED) is 0.105. The molecule has 1 fully saturated rings. The van der Waals surface area contributed by atoms with E-state index < -0.39 is 0 Å². The van der Waals surface area contributed by atoms with Gasteiger partial charge in [0.25, 0.3) is 0 Å². The Bertz CT molecular complexity index is 561. The number of rotatable bonds is 22. The highest BCUT2D eigenvalue weighted by atomic mass is 14.4. The number of allylic oxidation sites excluding steroid dienone is 4. The first-order valence-electron chi connectivity index (χ1n) is 16.0. The zero-order valence-corrected chi connectivity index (χ0v) is 25.6. The second-order valence-corrected chi connectivity index (χ2v) is 13.6. The summed E-state index contributed by atoms with van der Waals surface area (Å²) in [5.74, 6) is 5.76. The van der Waals surface area contributed by atoms with Crippen LogP contribution in [0.1, 0.15) is 165 Å². The van der Waals surface area contributed by atoms with Crippen LogP contribution in [0.25, 0.3) is 0 Å². The molecule has 0 spiro atoms. The molecular weight excluding hydrogens is 420 g/mol. The van der Waals surface area contributed by atoms with Gasteiger partial charge < -0.3 is 0 Å². The molecule has 206 valence electrons. The van der Waals surface area contributed by atoms with E-state index >= 15 is 0 Å². The summed E-state index contributed by atoms with van der Waals surface area (Å²) in [7, 11) is 0. The molecule has 0 heteroatoms. The molecule has 1 rings (SSSR count). The van der Waals surface area contributed by atoms with Crippen molar-refractivity contribution in [2.24, 2.45) is 35.5 Å². The predicted octanol–water partition coefficient (Wildman–Crippen LogP) is 12.3. The predicted molar refractivity (Wildman–Crippen MR) is 161 cm³/mol. The summed E-state index contributed by atoms with van der Waals surface area (Å²) in [4.78, 5) is 0. The molecule has 0 nitrogen and oxygen atoms in total. The van der Waals surface area contributed by atoms with Crippen molar-refractivity contribution in [2.45, 2.75) is 165 Å². The molecule has 0 aliphatic heterocycles. The van der Waals surface area contributed by atoms with Crippen molar-refractivity contribution in [3.8, 4) is 0 Å². The molecule has 35 heavy (non-hydrogen) atoms. The number of hydrogen-bond acceptors (Lipinski definition) is 0. The lowest BCUT2D eigenvalue weighted by molar-refractivity contribution is 0.424. The van der Waals surface area contributed by atoms with Gasteiger partial charge in [0, 0.05) is 0 Å². The van der Waals surface area contributed by atoms with Gasteiger partial charge in [-0.05, 0) is 108 Å². The van der Waals surface area contributed by atoms with Crippen LogP contribution in [0.2, 0.25) is 0 Å². The van der Waals surface area contributed by atoms with E-state index in [4.69, 9.17) is 0 Å². The fraction of sp³-hybridized carbons (Fsp3) is 0.886. The minimum Gasteiger partial charge on any atom is -0.0859 e. The third kappa shape index (κ3) is 19.3. The normalized spacial score (nSPS) is 20.7. The van der Waals surface area contributed by atoms with E-state index in [0.29, 0.717) is 0 Å². The van der Waals surface area contributed by atoms with Crippen LogP contribution >= 0.6 is 0 Å². The van der Waals surface area contributed by atoms with Crippen LogP contribution < -0.4 is 0 Å². The Labute approximate surface area is 223 Å². The van der Waals surface area contributed by atoms with Gasteiger partial charge in [0.2, 0.25) is 0 Å². The fourth-order valence-electron chi connectivity index (χ4n) is 5.85. The first-order chi connectivity index (χ1) is 16.7. The lowest BCUT2D eigenvalue weighted by Gasteiger charge is -2.12. The Morgan fingerprint density at radius 2 is 1.20 bits per heavy atom. The van der Waals surface area contributed by atoms with Crippen LogP contribution in [-0.2, 0) is 0 Å². The van der Waals surface area contributed by atoms with Crippen molar-refractivity contribution in [1.82, 2.24) is 0 Å². The lowest BCUT2D eigenvalue weighted by Crippen LogP contribution is -1.97. The molecule has 0 N–H and O–H groups in total. The van der Waals surface area contributed by atoms with E-state index in [1.165, 1.54) is 115 Å². The molecule has 1 aliphatic carbocycles. The van der Waals surface area contributed by atoms with Gasteiger partial charge in [-0.2, -0.15) is 0 Å². The molecule has 0 radical (unpaired) electrons. The summed E-state index contributed by atoms with van der Waals surface area (Å²) in [6, 6.07) is 0. The molecule has 0 saturated heterocycles. The zero-order chi connectivity index (χ0) is 26.1. The molecular formula is C35H66. The third-order valence-corrected chi connectivity index (χ3v) is 8.72. The molecule has 0 amide bonds. The molecule has 1 aliphatic rings. The first-order valence-corrected chi connectivity index (χ1v) is 16.0. The standard InChI is InChI=1S/C35H66/c1-28(2)15-11-19-32(7)22-13-21-30(5)17-9-10-18-31(6)23-14-24-34-27-35(34)26-25-33(8)20-12-16-29(3)4/h16-17,28,31-35H,9-15,18-27H2,1-8H3/b30-17+/t31?,32?,33?,34-,35-/m1/s1. The average molecular weight is 487 g/mol. The van der Waals surface area contributed by atoms with Gasteiger partial charge in [-0.1, -0.05) is 116 Å². The zero-order valence-electron chi connectivity index (χ0n) is 25.6. The first kappa shape index (κ1) is 32.5. The van der Waals surface area contributed by atoms with Gasteiger partial charge in [-0.3, -0.25) is 0 Å². The minimum atomic E-state index is 0.868. The van der Waals surface area contributed by atoms with Gasteiger partial charge in [0.15, 0.2) is 0 Å². The SMILES string of the molecule is CC(C)=CCCC(C)CC[C@@H]1C[C@H]1CCCC(C)CCC/C=C(\C)CCCC(C)CCCC(C)C. The summed E-state index contributed by atoms with van der Waals surface area (Å²) in [5.41, 5.74) is 3.11. The second kappa shape index (κ2) is 19.6. The van der Waals surface area contributed by atoms with Crippen molar-refractivity contribution in [1.29, 1.82) is 0 Å². The average Bonchev–Trinajstić information content (AvgIpc) is 3.53. The van der Waals surface area contributed by atoms with E-state index in [9.17, 15) is 0 Å². The topological polar surface area (TPSA) is 0 Å². The fourth-order valence-corrected chi connectivity index (χ4v) is 5.85. The van der Waals surface area contributed by atoms with Gasteiger partial charge in [0.05, 0.1) is 0 Å². The monoisotopic (exact) mass is 487 g/mol. The Hall–Kier alpha value is -0.520. The van der Waals surface area contributed by atoms with E-state index in [1.807, 2.05) is 0 Å². The molecule has 0 aromatic carbocycles. The maximum Gasteiger partial charge on any atom is -0.0323 e. The van der Waals surface area contributed by atoms with Crippen molar-refractivity contribution in [3.63, 3.8) is 0 Å². The highest BCUT2D eigenvalue weighted by Gasteiger charge is 2.35. The molecule has 0 heterocycles. The Morgan fingerprint density at radius 1 is 0.600 bits per heavy atom. The van der Waals surface area contributed by atoms with Crippen LogP contribution in [0.4, 0.5) is 0 Å². The lowest BCUT2D eigenvalue weighted by atomic mass is 9.94. The minimum absolute atomic E-state index is 0.868. The van der Waals surface area contributed by atoms with Gasteiger partial charge in [-0.25, -0.2) is 0 Å². The summed E-state index contributed by atoms with van der Waals surface area (Å²) in [6.07, 6.45) is 29.0.